The van der Waals surface area contributed by atoms with Crippen LogP contribution in [-0.2, 0) is 4.79 Å². The average molecular weight is 352 g/mol. The molecule has 2 heterocycles. The van der Waals surface area contributed by atoms with Crippen LogP contribution in [0.5, 0.6) is 0 Å². The van der Waals surface area contributed by atoms with E-state index in [-0.39, 0.29) is 16.9 Å². The molecule has 0 spiro atoms. The Bertz CT molecular complexity index is 521. The zero-order valence-electron chi connectivity index (χ0n) is 15.8. The van der Waals surface area contributed by atoms with E-state index < -0.39 is 12.1 Å². The molecule has 2 saturated heterocycles. The highest BCUT2D eigenvalue weighted by Crippen LogP contribution is 2.50. The molecule has 1 atom stereocenters. The molecule has 0 aromatic carbocycles. The SMILES string of the molecule is CC(C)(C)C1(N2CCN(C(=O)O)[C@@H](C(=O)N3CCNCC3)C2)CCC1. The van der Waals surface area contributed by atoms with Crippen LogP contribution in [0.15, 0.2) is 0 Å². The molecule has 0 bridgehead atoms. The van der Waals surface area contributed by atoms with Gasteiger partial charge < -0.3 is 15.3 Å². The molecule has 3 rings (SSSR count). The fraction of sp³-hybridized carbons (Fsp3) is 0.889. The molecule has 0 unspecified atom stereocenters. The maximum absolute atomic E-state index is 13.1. The normalized spacial score (nSPS) is 27.7. The van der Waals surface area contributed by atoms with Gasteiger partial charge in [0.25, 0.3) is 0 Å². The summed E-state index contributed by atoms with van der Waals surface area (Å²) in [7, 11) is 0. The molecule has 25 heavy (non-hydrogen) atoms. The third-order valence-corrected chi connectivity index (χ3v) is 6.52. The number of hydrogen-bond acceptors (Lipinski definition) is 4. The van der Waals surface area contributed by atoms with E-state index in [2.05, 4.69) is 31.0 Å². The number of nitrogens with zero attached hydrogens (tertiary/aromatic N) is 3. The van der Waals surface area contributed by atoms with Gasteiger partial charge in [-0.3, -0.25) is 14.6 Å². The van der Waals surface area contributed by atoms with E-state index in [1.54, 1.807) is 0 Å². The molecule has 7 nitrogen and oxygen atoms in total. The van der Waals surface area contributed by atoms with Gasteiger partial charge in [-0.15, -0.1) is 0 Å². The van der Waals surface area contributed by atoms with E-state index >= 15 is 0 Å². The second kappa shape index (κ2) is 6.76. The average Bonchev–Trinajstić information content (AvgIpc) is 2.52. The first kappa shape index (κ1) is 18.5. The summed E-state index contributed by atoms with van der Waals surface area (Å²) in [5, 5.41) is 12.8. The highest BCUT2D eigenvalue weighted by atomic mass is 16.4. The summed E-state index contributed by atoms with van der Waals surface area (Å²) in [5.41, 5.74) is 0.221. The summed E-state index contributed by atoms with van der Waals surface area (Å²) in [5.74, 6) is -0.0306. The number of rotatable bonds is 2. The zero-order chi connectivity index (χ0) is 18.2. The molecule has 142 valence electrons. The van der Waals surface area contributed by atoms with Crippen LogP contribution >= 0.6 is 0 Å². The molecule has 0 aromatic heterocycles. The van der Waals surface area contributed by atoms with E-state index in [0.717, 1.165) is 32.5 Å². The Hall–Kier alpha value is -1.34. The lowest BCUT2D eigenvalue weighted by molar-refractivity contribution is -0.145. The summed E-state index contributed by atoms with van der Waals surface area (Å²) in [4.78, 5) is 30.4. The quantitative estimate of drug-likeness (QED) is 0.777. The van der Waals surface area contributed by atoms with Crippen molar-refractivity contribution < 1.29 is 14.7 Å². The van der Waals surface area contributed by atoms with Crippen LogP contribution in [0.4, 0.5) is 4.79 Å². The summed E-state index contributed by atoms with van der Waals surface area (Å²) in [6.45, 7) is 11.3. The summed E-state index contributed by atoms with van der Waals surface area (Å²) in [6, 6.07) is -0.579. The van der Waals surface area contributed by atoms with Crippen molar-refractivity contribution in [1.82, 2.24) is 20.0 Å². The van der Waals surface area contributed by atoms with Gasteiger partial charge in [-0.25, -0.2) is 4.79 Å². The standard InChI is InChI=1S/C18H32N4O3/c1-17(2,3)18(5-4-6-18)21-11-12-22(16(24)25)14(13-21)15(23)20-9-7-19-8-10-20/h14,19H,4-13H2,1-3H3,(H,24,25)/t14-/m1/s1. The molecule has 2 N–H and O–H groups in total. The lowest BCUT2D eigenvalue weighted by Crippen LogP contribution is -2.70. The second-order valence-corrected chi connectivity index (χ2v) is 8.65. The van der Waals surface area contributed by atoms with E-state index in [9.17, 15) is 14.7 Å². The number of carbonyl (C=O) groups excluding carboxylic acids is 1. The van der Waals surface area contributed by atoms with Crippen LogP contribution in [0.2, 0.25) is 0 Å². The minimum atomic E-state index is -0.980. The maximum Gasteiger partial charge on any atom is 0.408 e. The van der Waals surface area contributed by atoms with Crippen molar-refractivity contribution in [3.05, 3.63) is 0 Å². The van der Waals surface area contributed by atoms with Crippen molar-refractivity contribution in [2.75, 3.05) is 45.8 Å². The Morgan fingerprint density at radius 3 is 2.20 bits per heavy atom. The molecule has 3 aliphatic rings. The predicted molar refractivity (Wildman–Crippen MR) is 95.6 cm³/mol. The van der Waals surface area contributed by atoms with Gasteiger partial charge >= 0.3 is 6.09 Å². The molecule has 0 aromatic rings. The first-order chi connectivity index (χ1) is 11.8. The number of carboxylic acid groups (broad SMARTS) is 1. The molecular weight excluding hydrogens is 320 g/mol. The van der Waals surface area contributed by atoms with Gasteiger partial charge in [-0.1, -0.05) is 20.8 Å². The minimum Gasteiger partial charge on any atom is -0.465 e. The van der Waals surface area contributed by atoms with Crippen LogP contribution in [-0.4, -0.2) is 89.2 Å². The van der Waals surface area contributed by atoms with E-state index in [1.165, 1.54) is 11.3 Å². The topological polar surface area (TPSA) is 76.1 Å². The fourth-order valence-electron chi connectivity index (χ4n) is 4.76. The van der Waals surface area contributed by atoms with Crippen LogP contribution < -0.4 is 5.32 Å². The monoisotopic (exact) mass is 352 g/mol. The Morgan fingerprint density at radius 2 is 1.72 bits per heavy atom. The molecule has 3 fully saturated rings. The number of carbonyl (C=O) groups is 2. The van der Waals surface area contributed by atoms with E-state index in [1.807, 2.05) is 4.90 Å². The summed E-state index contributed by atoms with van der Waals surface area (Å²) in [6.07, 6.45) is 2.51. The predicted octanol–water partition coefficient (Wildman–Crippen LogP) is 1.05. The van der Waals surface area contributed by atoms with Crippen LogP contribution in [0.1, 0.15) is 40.0 Å². The van der Waals surface area contributed by atoms with Gasteiger partial charge in [0.2, 0.25) is 5.91 Å². The number of nitrogens with one attached hydrogen (secondary N) is 1. The van der Waals surface area contributed by atoms with E-state index in [0.29, 0.717) is 26.2 Å². The van der Waals surface area contributed by atoms with Gasteiger partial charge in [0.05, 0.1) is 0 Å². The summed E-state index contributed by atoms with van der Waals surface area (Å²) >= 11 is 0. The smallest absolute Gasteiger partial charge is 0.408 e. The lowest BCUT2D eigenvalue weighted by Gasteiger charge is -2.60. The van der Waals surface area contributed by atoms with Crippen molar-refractivity contribution in [1.29, 1.82) is 0 Å². The Kier molecular flexibility index (Phi) is 4.99. The van der Waals surface area contributed by atoms with Gasteiger partial charge in [0.1, 0.15) is 6.04 Å². The van der Waals surface area contributed by atoms with Crippen LogP contribution in [0.25, 0.3) is 0 Å². The molecule has 1 aliphatic carbocycles. The van der Waals surface area contributed by atoms with Crippen molar-refractivity contribution in [3.63, 3.8) is 0 Å². The van der Waals surface area contributed by atoms with Crippen molar-refractivity contribution in [2.24, 2.45) is 5.41 Å². The largest absolute Gasteiger partial charge is 0.465 e. The lowest BCUT2D eigenvalue weighted by atomic mass is 9.60. The van der Waals surface area contributed by atoms with Crippen molar-refractivity contribution in [3.8, 4) is 0 Å². The molecule has 2 aliphatic heterocycles. The molecule has 1 saturated carbocycles. The van der Waals surface area contributed by atoms with Gasteiger partial charge in [-0.2, -0.15) is 0 Å². The maximum atomic E-state index is 13.1. The highest BCUT2D eigenvalue weighted by Gasteiger charge is 2.53. The van der Waals surface area contributed by atoms with Crippen molar-refractivity contribution >= 4 is 12.0 Å². The highest BCUT2D eigenvalue weighted by molar-refractivity contribution is 5.86. The van der Waals surface area contributed by atoms with Crippen molar-refractivity contribution in [2.45, 2.75) is 51.6 Å². The second-order valence-electron chi connectivity index (χ2n) is 8.65. The molecule has 7 heteroatoms. The molecular formula is C18H32N4O3. The zero-order valence-corrected chi connectivity index (χ0v) is 15.8. The third-order valence-electron chi connectivity index (χ3n) is 6.52. The Morgan fingerprint density at radius 1 is 1.08 bits per heavy atom. The first-order valence-corrected chi connectivity index (χ1v) is 9.50. The molecule has 2 amide bonds. The van der Waals surface area contributed by atoms with Gasteiger partial charge in [-0.05, 0) is 24.7 Å². The van der Waals surface area contributed by atoms with Gasteiger partial charge in [0, 0.05) is 51.4 Å². The number of amides is 2. The van der Waals surface area contributed by atoms with Crippen LogP contribution in [0, 0.1) is 5.41 Å². The minimum absolute atomic E-state index is 0.0306. The van der Waals surface area contributed by atoms with Gasteiger partial charge in [0.15, 0.2) is 0 Å². The summed E-state index contributed by atoms with van der Waals surface area (Å²) < 4.78 is 0. The first-order valence-electron chi connectivity index (χ1n) is 9.50. The Balaban J connectivity index is 1.80. The Labute approximate surface area is 150 Å². The number of piperazine rings is 2. The third kappa shape index (κ3) is 3.24. The number of hydrogen-bond donors (Lipinski definition) is 2. The van der Waals surface area contributed by atoms with E-state index in [4.69, 9.17) is 0 Å². The van der Waals surface area contributed by atoms with Crippen LogP contribution in [0.3, 0.4) is 0 Å². The molecule has 0 radical (unpaired) electrons. The fourth-order valence-corrected chi connectivity index (χ4v) is 4.76.